The van der Waals surface area contributed by atoms with E-state index in [1.807, 2.05) is 24.0 Å². The van der Waals surface area contributed by atoms with Gasteiger partial charge >= 0.3 is 6.03 Å². The second-order valence-corrected chi connectivity index (χ2v) is 7.72. The van der Waals surface area contributed by atoms with E-state index in [0.29, 0.717) is 13.1 Å². The lowest BCUT2D eigenvalue weighted by Gasteiger charge is -2.38. The van der Waals surface area contributed by atoms with Crippen LogP contribution in [0.1, 0.15) is 42.6 Å². The molecule has 6 nitrogen and oxygen atoms in total. The molecule has 1 aromatic heterocycles. The van der Waals surface area contributed by atoms with Crippen molar-refractivity contribution in [1.29, 1.82) is 0 Å². The molecule has 1 atom stereocenters. The van der Waals surface area contributed by atoms with E-state index >= 15 is 0 Å². The van der Waals surface area contributed by atoms with Gasteiger partial charge in [0.25, 0.3) is 0 Å². The molecule has 1 fully saturated rings. The summed E-state index contributed by atoms with van der Waals surface area (Å²) in [6.07, 6.45) is 4.04. The molecule has 1 N–H and O–H groups in total. The first-order valence-electron chi connectivity index (χ1n) is 10.1. The number of rotatable bonds is 5. The van der Waals surface area contributed by atoms with Crippen LogP contribution in [0.15, 0.2) is 42.6 Å². The van der Waals surface area contributed by atoms with Crippen LogP contribution in [0.4, 0.5) is 4.79 Å². The van der Waals surface area contributed by atoms with E-state index in [1.165, 1.54) is 5.56 Å². The molecular weight excluding hydrogens is 352 g/mol. The number of fused-ring (bicyclic) bond motifs is 1. The van der Waals surface area contributed by atoms with Gasteiger partial charge in [-0.3, -0.25) is 4.79 Å². The smallest absolute Gasteiger partial charge is 0.318 e. The normalized spacial score (nSPS) is 18.5. The minimum Gasteiger partial charge on any atom is -0.348 e. The molecule has 2 aliphatic rings. The highest BCUT2D eigenvalue weighted by molar-refractivity contribution is 5.85. The van der Waals surface area contributed by atoms with Crippen LogP contribution in [-0.4, -0.2) is 52.0 Å². The number of carbonyl (C=O) groups excluding carboxylic acids is 2. The first kappa shape index (κ1) is 18.6. The highest BCUT2D eigenvalue weighted by Crippen LogP contribution is 2.34. The van der Waals surface area contributed by atoms with Crippen molar-refractivity contribution in [2.75, 3.05) is 19.6 Å². The number of nitrogens with one attached hydrogen (secondary N) is 1. The maximum atomic E-state index is 13.3. The summed E-state index contributed by atoms with van der Waals surface area (Å²) >= 11 is 0. The van der Waals surface area contributed by atoms with Gasteiger partial charge < -0.3 is 19.7 Å². The van der Waals surface area contributed by atoms with Crippen LogP contribution < -0.4 is 5.32 Å². The maximum Gasteiger partial charge on any atom is 0.318 e. The van der Waals surface area contributed by atoms with Gasteiger partial charge in [-0.15, -0.1) is 0 Å². The van der Waals surface area contributed by atoms with Crippen molar-refractivity contribution in [2.24, 2.45) is 0 Å². The molecule has 2 aromatic rings. The Morgan fingerprint density at radius 2 is 2.00 bits per heavy atom. The van der Waals surface area contributed by atoms with Gasteiger partial charge in [0.1, 0.15) is 6.54 Å². The molecule has 1 aliphatic heterocycles. The molecule has 1 saturated carbocycles. The van der Waals surface area contributed by atoms with Crippen LogP contribution in [0.25, 0.3) is 0 Å². The predicted molar refractivity (Wildman–Crippen MR) is 108 cm³/mol. The summed E-state index contributed by atoms with van der Waals surface area (Å²) in [6, 6.07) is 12.4. The van der Waals surface area contributed by atoms with E-state index in [2.05, 4.69) is 47.3 Å². The fourth-order valence-corrected chi connectivity index (χ4v) is 4.09. The van der Waals surface area contributed by atoms with Crippen LogP contribution in [0, 0.1) is 6.92 Å². The number of nitrogens with zero attached hydrogens (tertiary/aromatic N) is 3. The van der Waals surface area contributed by atoms with Crippen LogP contribution in [0.2, 0.25) is 0 Å². The number of benzene rings is 1. The van der Waals surface area contributed by atoms with Gasteiger partial charge in [0.15, 0.2) is 0 Å². The number of hydrogen-bond donors (Lipinski definition) is 1. The minimum absolute atomic E-state index is 0.0112. The number of aryl methyl sites for hydroxylation is 1. The lowest BCUT2D eigenvalue weighted by Crippen LogP contribution is -2.50. The fraction of sp³-hybridized carbons (Fsp3) is 0.455. The standard InChI is InChI=1S/C22H28N4O2/c1-3-23-22(28)26(18-9-10-18)15-20(27)25-13-12-24-11-5-8-19(24)21(25)17-7-4-6-16(2)14-17/h4-8,11,14,18,21H,3,9-10,12-13,15H2,1-2H3,(H,23,28)/t21-/m0/s1. The van der Waals surface area contributed by atoms with Crippen LogP contribution in [0.5, 0.6) is 0 Å². The molecule has 1 aliphatic carbocycles. The summed E-state index contributed by atoms with van der Waals surface area (Å²) in [7, 11) is 0. The van der Waals surface area contributed by atoms with Gasteiger partial charge in [-0.1, -0.05) is 29.8 Å². The van der Waals surface area contributed by atoms with Crippen LogP contribution in [0.3, 0.4) is 0 Å². The molecule has 0 saturated heterocycles. The molecule has 0 unspecified atom stereocenters. The van der Waals surface area contributed by atoms with Crippen molar-refractivity contribution in [3.05, 3.63) is 59.4 Å². The van der Waals surface area contributed by atoms with Crippen molar-refractivity contribution >= 4 is 11.9 Å². The quantitative estimate of drug-likeness (QED) is 0.867. The molecule has 28 heavy (non-hydrogen) atoms. The summed E-state index contributed by atoms with van der Waals surface area (Å²) in [5, 5.41) is 2.85. The lowest BCUT2D eigenvalue weighted by atomic mass is 9.98. The average Bonchev–Trinajstić information content (AvgIpc) is 3.41. The predicted octanol–water partition coefficient (Wildman–Crippen LogP) is 2.92. The SMILES string of the molecule is CCNC(=O)N(CC(=O)N1CCn2cccc2[C@@H]1c1cccc(C)c1)C1CC1. The number of amides is 3. The van der Waals surface area contributed by atoms with Crippen molar-refractivity contribution in [2.45, 2.75) is 45.3 Å². The zero-order chi connectivity index (χ0) is 19.7. The molecular formula is C22H28N4O2. The first-order valence-corrected chi connectivity index (χ1v) is 10.1. The zero-order valence-corrected chi connectivity index (χ0v) is 16.6. The lowest BCUT2D eigenvalue weighted by molar-refractivity contribution is -0.134. The van der Waals surface area contributed by atoms with E-state index in [0.717, 1.165) is 30.6 Å². The van der Waals surface area contributed by atoms with Gasteiger partial charge in [0.05, 0.1) is 6.04 Å². The summed E-state index contributed by atoms with van der Waals surface area (Å²) in [4.78, 5) is 29.4. The van der Waals surface area contributed by atoms with E-state index in [9.17, 15) is 9.59 Å². The first-order chi connectivity index (χ1) is 13.6. The Morgan fingerprint density at radius 3 is 2.71 bits per heavy atom. The van der Waals surface area contributed by atoms with Crippen LogP contribution >= 0.6 is 0 Å². The van der Waals surface area contributed by atoms with Crippen molar-refractivity contribution in [1.82, 2.24) is 19.7 Å². The van der Waals surface area contributed by atoms with Gasteiger partial charge in [-0.25, -0.2) is 4.79 Å². The third kappa shape index (κ3) is 3.63. The van der Waals surface area contributed by atoms with E-state index < -0.39 is 0 Å². The Hall–Kier alpha value is -2.76. The molecule has 6 heteroatoms. The molecule has 1 aromatic carbocycles. The van der Waals surface area contributed by atoms with Crippen LogP contribution in [-0.2, 0) is 11.3 Å². The van der Waals surface area contributed by atoms with Gasteiger partial charge in [0.2, 0.25) is 5.91 Å². The molecule has 4 rings (SSSR count). The molecule has 148 valence electrons. The molecule has 2 heterocycles. The Morgan fingerprint density at radius 1 is 1.18 bits per heavy atom. The highest BCUT2D eigenvalue weighted by Gasteiger charge is 2.37. The average molecular weight is 380 g/mol. The van der Waals surface area contributed by atoms with Crippen molar-refractivity contribution in [3.63, 3.8) is 0 Å². The number of aromatic nitrogens is 1. The van der Waals surface area contributed by atoms with E-state index in [-0.39, 0.29) is 30.6 Å². The summed E-state index contributed by atoms with van der Waals surface area (Å²) in [5.41, 5.74) is 3.42. The molecule has 0 bridgehead atoms. The summed E-state index contributed by atoms with van der Waals surface area (Å²) < 4.78 is 2.22. The van der Waals surface area contributed by atoms with Gasteiger partial charge in [0, 0.05) is 37.6 Å². The third-order valence-corrected chi connectivity index (χ3v) is 5.60. The van der Waals surface area contributed by atoms with Crippen molar-refractivity contribution in [3.8, 4) is 0 Å². The number of urea groups is 1. The monoisotopic (exact) mass is 380 g/mol. The van der Waals surface area contributed by atoms with E-state index in [4.69, 9.17) is 0 Å². The zero-order valence-electron chi connectivity index (χ0n) is 16.6. The number of carbonyl (C=O) groups is 2. The summed E-state index contributed by atoms with van der Waals surface area (Å²) in [6.45, 7) is 6.10. The Bertz CT molecular complexity index is 871. The Labute approximate surface area is 166 Å². The molecule has 3 amide bonds. The van der Waals surface area contributed by atoms with Gasteiger partial charge in [-0.2, -0.15) is 0 Å². The maximum absolute atomic E-state index is 13.3. The largest absolute Gasteiger partial charge is 0.348 e. The second-order valence-electron chi connectivity index (χ2n) is 7.72. The second kappa shape index (κ2) is 7.70. The molecule has 0 spiro atoms. The van der Waals surface area contributed by atoms with E-state index in [1.54, 1.807) is 4.90 Å². The van der Waals surface area contributed by atoms with Crippen molar-refractivity contribution < 1.29 is 9.59 Å². The minimum atomic E-state index is -0.133. The number of hydrogen-bond acceptors (Lipinski definition) is 2. The Kier molecular flexibility index (Phi) is 5.11. The van der Waals surface area contributed by atoms with Gasteiger partial charge in [-0.05, 0) is 44.4 Å². The molecule has 0 radical (unpaired) electrons. The summed E-state index contributed by atoms with van der Waals surface area (Å²) in [5.74, 6) is 0.0112. The Balaban J connectivity index is 1.61. The third-order valence-electron chi connectivity index (χ3n) is 5.60. The topological polar surface area (TPSA) is 57.6 Å². The highest BCUT2D eigenvalue weighted by atomic mass is 16.2. The fourth-order valence-electron chi connectivity index (χ4n) is 4.09.